The van der Waals surface area contributed by atoms with E-state index in [4.69, 9.17) is 18.9 Å². The van der Waals surface area contributed by atoms with Gasteiger partial charge in [0.15, 0.2) is 0 Å². The number of amides is 1. The van der Waals surface area contributed by atoms with Crippen LogP contribution in [0, 0.1) is 0 Å². The smallest absolute Gasteiger partial charge is 0.271 e. The Morgan fingerprint density at radius 2 is 2.08 bits per heavy atom. The van der Waals surface area contributed by atoms with E-state index in [9.17, 15) is 13.2 Å². The number of hydrogen-bond acceptors (Lipinski definition) is 7. The molecule has 1 amide bonds. The van der Waals surface area contributed by atoms with Crippen LogP contribution < -0.4 is 9.47 Å². The third kappa shape index (κ3) is 3.31. The van der Waals surface area contributed by atoms with Gasteiger partial charge >= 0.3 is 0 Å². The van der Waals surface area contributed by atoms with E-state index in [1.807, 2.05) is 0 Å². The van der Waals surface area contributed by atoms with E-state index in [0.717, 1.165) is 10.7 Å². The molecule has 3 rings (SSSR count). The average Bonchev–Trinajstić information content (AvgIpc) is 3.18. The monoisotopic (exact) mass is 371 g/mol. The largest absolute Gasteiger partial charge is 0.497 e. The Morgan fingerprint density at radius 1 is 1.28 bits per heavy atom. The summed E-state index contributed by atoms with van der Waals surface area (Å²) < 4.78 is 47.5. The van der Waals surface area contributed by atoms with Gasteiger partial charge in [0.25, 0.3) is 15.9 Å². The highest BCUT2D eigenvalue weighted by Crippen LogP contribution is 2.40. The molecule has 2 heterocycles. The number of carbonyl (C=O) groups excluding carboxylic acids is 1. The SMILES string of the molecule is COc1cc(OC)c2c(c1)C(=O)N(CCCOC1CCOC1)S2(=O)=O. The van der Waals surface area contributed by atoms with E-state index in [2.05, 4.69) is 0 Å². The van der Waals surface area contributed by atoms with Crippen LogP contribution in [0.1, 0.15) is 23.2 Å². The maximum absolute atomic E-state index is 12.7. The first-order chi connectivity index (χ1) is 12.0. The lowest BCUT2D eigenvalue weighted by Gasteiger charge is -2.16. The number of hydrogen-bond donors (Lipinski definition) is 0. The van der Waals surface area contributed by atoms with Gasteiger partial charge in [0, 0.05) is 25.8 Å². The summed E-state index contributed by atoms with van der Waals surface area (Å²) in [5.74, 6) is -0.105. The van der Waals surface area contributed by atoms with E-state index in [-0.39, 0.29) is 28.9 Å². The van der Waals surface area contributed by atoms with E-state index >= 15 is 0 Å². The molecule has 1 aromatic rings. The van der Waals surface area contributed by atoms with Crippen molar-refractivity contribution in [3.63, 3.8) is 0 Å². The molecule has 0 N–H and O–H groups in total. The Hall–Kier alpha value is -1.84. The number of sulfonamides is 1. The Kier molecular flexibility index (Phi) is 5.16. The molecule has 2 aliphatic rings. The zero-order valence-electron chi connectivity index (χ0n) is 14.2. The number of carbonyl (C=O) groups is 1. The lowest BCUT2D eigenvalue weighted by atomic mass is 10.2. The molecule has 1 saturated heterocycles. The minimum absolute atomic E-state index is 0.0486. The van der Waals surface area contributed by atoms with E-state index in [0.29, 0.717) is 32.0 Å². The van der Waals surface area contributed by atoms with Gasteiger partial charge in [-0.1, -0.05) is 0 Å². The van der Waals surface area contributed by atoms with Gasteiger partial charge in [-0.05, 0) is 18.9 Å². The second-order valence-electron chi connectivity index (χ2n) is 5.80. The van der Waals surface area contributed by atoms with Crippen molar-refractivity contribution in [3.8, 4) is 11.5 Å². The van der Waals surface area contributed by atoms with Crippen LogP contribution in [0.25, 0.3) is 0 Å². The molecule has 2 aliphatic heterocycles. The van der Waals surface area contributed by atoms with Crippen molar-refractivity contribution in [1.29, 1.82) is 0 Å². The highest BCUT2D eigenvalue weighted by molar-refractivity contribution is 7.90. The summed E-state index contributed by atoms with van der Waals surface area (Å²) in [6.07, 6.45) is 1.30. The quantitative estimate of drug-likeness (QED) is 0.662. The van der Waals surface area contributed by atoms with Crippen LogP contribution in [0.5, 0.6) is 11.5 Å². The first-order valence-electron chi connectivity index (χ1n) is 8.01. The second kappa shape index (κ2) is 7.19. The fraction of sp³-hybridized carbons (Fsp3) is 0.562. The number of benzene rings is 1. The minimum Gasteiger partial charge on any atom is -0.497 e. The third-order valence-corrected chi connectivity index (χ3v) is 6.10. The fourth-order valence-electron chi connectivity index (χ4n) is 2.95. The Labute approximate surface area is 146 Å². The maximum Gasteiger partial charge on any atom is 0.271 e. The van der Waals surface area contributed by atoms with Gasteiger partial charge in [-0.25, -0.2) is 12.7 Å². The van der Waals surface area contributed by atoms with E-state index in [1.165, 1.54) is 26.4 Å². The normalized spacial score (nSPS) is 21.4. The second-order valence-corrected chi connectivity index (χ2v) is 7.60. The van der Waals surface area contributed by atoms with E-state index < -0.39 is 15.9 Å². The number of methoxy groups -OCH3 is 2. The predicted octanol–water partition coefficient (Wildman–Crippen LogP) is 1.04. The molecule has 1 unspecified atom stereocenters. The summed E-state index contributed by atoms with van der Waals surface area (Å²) in [4.78, 5) is 12.5. The Morgan fingerprint density at radius 3 is 2.72 bits per heavy atom. The highest BCUT2D eigenvalue weighted by Gasteiger charge is 2.44. The summed E-state index contributed by atoms with van der Waals surface area (Å²) in [6, 6.07) is 2.88. The van der Waals surface area contributed by atoms with E-state index in [1.54, 1.807) is 0 Å². The van der Waals surface area contributed by atoms with Crippen molar-refractivity contribution in [1.82, 2.24) is 4.31 Å². The van der Waals surface area contributed by atoms with Crippen LogP contribution >= 0.6 is 0 Å². The molecule has 0 spiro atoms. The van der Waals surface area contributed by atoms with Crippen molar-refractivity contribution in [3.05, 3.63) is 17.7 Å². The first-order valence-corrected chi connectivity index (χ1v) is 9.45. The van der Waals surface area contributed by atoms with Crippen molar-refractivity contribution >= 4 is 15.9 Å². The van der Waals surface area contributed by atoms with Gasteiger partial charge in [0.2, 0.25) is 0 Å². The zero-order valence-corrected chi connectivity index (χ0v) is 15.0. The molecule has 138 valence electrons. The molecule has 0 bridgehead atoms. The molecule has 8 nitrogen and oxygen atoms in total. The standard InChI is InChI=1S/C16H21NO7S/c1-21-12-8-13-15(14(9-12)22-2)25(19,20)17(16(13)18)5-3-6-24-11-4-7-23-10-11/h8-9,11H,3-7,10H2,1-2H3. The molecular formula is C16H21NO7S. The molecule has 9 heteroatoms. The molecule has 25 heavy (non-hydrogen) atoms. The summed E-state index contributed by atoms with van der Waals surface area (Å²) in [5.41, 5.74) is 0.0707. The third-order valence-electron chi connectivity index (χ3n) is 4.24. The van der Waals surface area contributed by atoms with Crippen molar-refractivity contribution in [2.75, 3.05) is 40.6 Å². The number of nitrogens with zero attached hydrogens (tertiary/aromatic N) is 1. The van der Waals surface area contributed by atoms with Gasteiger partial charge < -0.3 is 18.9 Å². The molecule has 1 atom stereocenters. The molecule has 0 aromatic heterocycles. The van der Waals surface area contributed by atoms with Crippen molar-refractivity contribution in [2.45, 2.75) is 23.8 Å². The van der Waals surface area contributed by atoms with Crippen LogP contribution in [0.3, 0.4) is 0 Å². The molecule has 0 saturated carbocycles. The zero-order chi connectivity index (χ0) is 18.0. The summed E-state index contributed by atoms with van der Waals surface area (Å²) in [7, 11) is -1.14. The molecule has 1 aromatic carbocycles. The van der Waals surface area contributed by atoms with Gasteiger partial charge in [0.1, 0.15) is 16.4 Å². The minimum atomic E-state index is -3.94. The van der Waals surface area contributed by atoms with Gasteiger partial charge in [-0.3, -0.25) is 4.79 Å². The van der Waals surface area contributed by atoms with Gasteiger partial charge in [-0.15, -0.1) is 0 Å². The fourth-order valence-corrected chi connectivity index (χ4v) is 4.68. The topological polar surface area (TPSA) is 91.4 Å². The average molecular weight is 371 g/mol. The van der Waals surface area contributed by atoms with Crippen LogP contribution in [0.4, 0.5) is 0 Å². The van der Waals surface area contributed by atoms with Crippen LogP contribution in [0.2, 0.25) is 0 Å². The van der Waals surface area contributed by atoms with Crippen LogP contribution in [0.15, 0.2) is 17.0 Å². The Bertz CT molecular complexity index is 756. The lowest BCUT2D eigenvalue weighted by molar-refractivity contribution is 0.0396. The summed E-state index contributed by atoms with van der Waals surface area (Å²) >= 11 is 0. The van der Waals surface area contributed by atoms with Crippen LogP contribution in [-0.2, 0) is 19.5 Å². The molecule has 1 fully saturated rings. The maximum atomic E-state index is 12.7. The van der Waals surface area contributed by atoms with Crippen molar-refractivity contribution in [2.24, 2.45) is 0 Å². The summed E-state index contributed by atoms with van der Waals surface area (Å²) in [5, 5.41) is 0. The highest BCUT2D eigenvalue weighted by atomic mass is 32.2. The van der Waals surface area contributed by atoms with Gasteiger partial charge in [-0.2, -0.15) is 0 Å². The Balaban J connectivity index is 1.74. The number of fused-ring (bicyclic) bond motifs is 1. The van der Waals surface area contributed by atoms with Crippen molar-refractivity contribution < 1.29 is 32.2 Å². The van der Waals surface area contributed by atoms with Gasteiger partial charge in [0.05, 0.1) is 32.5 Å². The lowest BCUT2D eigenvalue weighted by Crippen LogP contribution is -2.32. The first kappa shape index (κ1) is 18.0. The summed E-state index contributed by atoms with van der Waals surface area (Å²) in [6.45, 7) is 1.66. The number of rotatable bonds is 7. The van der Waals surface area contributed by atoms with Crippen LogP contribution in [-0.4, -0.2) is 65.3 Å². The molecule has 0 aliphatic carbocycles. The molecule has 0 radical (unpaired) electrons. The number of ether oxygens (including phenoxy) is 4. The molecular weight excluding hydrogens is 350 g/mol. The predicted molar refractivity (Wildman–Crippen MR) is 87.6 cm³/mol.